The van der Waals surface area contributed by atoms with Gasteiger partial charge in [0.15, 0.2) is 0 Å². The third kappa shape index (κ3) is 4.30. The van der Waals surface area contributed by atoms with Crippen LogP contribution in [0.25, 0.3) is 0 Å². The summed E-state index contributed by atoms with van der Waals surface area (Å²) in [5.41, 5.74) is 3.33. The van der Waals surface area contributed by atoms with Gasteiger partial charge in [-0.15, -0.1) is 0 Å². The summed E-state index contributed by atoms with van der Waals surface area (Å²) in [6.45, 7) is 1.18. The van der Waals surface area contributed by atoms with Crippen LogP contribution in [0.1, 0.15) is 35.2 Å². The van der Waals surface area contributed by atoms with Crippen molar-refractivity contribution in [2.45, 2.75) is 30.8 Å². The van der Waals surface area contributed by atoms with Gasteiger partial charge in [0, 0.05) is 13.1 Å². The molecule has 138 valence electrons. The molecule has 6 nitrogen and oxygen atoms in total. The summed E-state index contributed by atoms with van der Waals surface area (Å²) in [6.07, 6.45) is 2.71. The van der Waals surface area contributed by atoms with Gasteiger partial charge in [0.05, 0.1) is 17.1 Å². The molecule has 2 aromatic rings. The van der Waals surface area contributed by atoms with E-state index in [1.165, 1.54) is 16.4 Å². The Morgan fingerprint density at radius 2 is 1.62 bits per heavy atom. The van der Waals surface area contributed by atoms with E-state index in [-0.39, 0.29) is 17.1 Å². The zero-order valence-corrected chi connectivity index (χ0v) is 15.2. The van der Waals surface area contributed by atoms with Crippen LogP contribution >= 0.6 is 0 Å². The number of hydroxylamine groups is 1. The fourth-order valence-corrected chi connectivity index (χ4v) is 4.64. The van der Waals surface area contributed by atoms with Crippen molar-refractivity contribution in [3.05, 3.63) is 65.7 Å². The summed E-state index contributed by atoms with van der Waals surface area (Å²) in [5.74, 6) is -0.572. The molecule has 3 rings (SSSR count). The molecule has 0 aromatic heterocycles. The van der Waals surface area contributed by atoms with Gasteiger partial charge in [0.25, 0.3) is 5.91 Å². The zero-order valence-electron chi connectivity index (χ0n) is 14.4. The minimum absolute atomic E-state index is 0.0164. The van der Waals surface area contributed by atoms with Crippen LogP contribution in [-0.4, -0.2) is 31.7 Å². The fraction of sp³-hybridized carbons (Fsp3) is 0.316. The van der Waals surface area contributed by atoms with Crippen LogP contribution in [0.4, 0.5) is 0 Å². The Balaban J connectivity index is 1.72. The number of nitrogens with zero attached hydrogens (tertiary/aromatic N) is 1. The van der Waals surface area contributed by atoms with Gasteiger partial charge in [-0.05, 0) is 30.5 Å². The molecular weight excluding hydrogens is 352 g/mol. The van der Waals surface area contributed by atoms with Gasteiger partial charge >= 0.3 is 0 Å². The maximum atomic E-state index is 12.9. The maximum absolute atomic E-state index is 12.9. The molecular formula is C19H22N2O4S. The summed E-state index contributed by atoms with van der Waals surface area (Å²) in [4.78, 5) is 17.7. The van der Waals surface area contributed by atoms with E-state index in [0.29, 0.717) is 13.1 Å². The van der Waals surface area contributed by atoms with E-state index < -0.39 is 15.9 Å². The van der Waals surface area contributed by atoms with Gasteiger partial charge in [-0.2, -0.15) is 4.31 Å². The number of nitrogens with one attached hydrogen (secondary N) is 1. The highest BCUT2D eigenvalue weighted by molar-refractivity contribution is 7.89. The van der Waals surface area contributed by atoms with Crippen LogP contribution in [0.15, 0.2) is 59.5 Å². The van der Waals surface area contributed by atoms with Crippen molar-refractivity contribution < 1.29 is 18.0 Å². The Morgan fingerprint density at radius 1 is 0.962 bits per heavy atom. The molecule has 0 radical (unpaired) electrons. The summed E-state index contributed by atoms with van der Waals surface area (Å²) >= 11 is 0. The first-order chi connectivity index (χ1) is 12.6. The molecule has 7 heteroatoms. The van der Waals surface area contributed by atoms with Gasteiger partial charge in [-0.25, -0.2) is 13.9 Å². The van der Waals surface area contributed by atoms with Crippen LogP contribution in [0.5, 0.6) is 0 Å². The van der Waals surface area contributed by atoms with E-state index in [4.69, 9.17) is 4.84 Å². The van der Waals surface area contributed by atoms with Crippen LogP contribution in [-0.2, 0) is 21.5 Å². The van der Waals surface area contributed by atoms with Crippen LogP contribution < -0.4 is 5.48 Å². The topological polar surface area (TPSA) is 75.7 Å². The van der Waals surface area contributed by atoms with Gasteiger partial charge in [-0.1, -0.05) is 48.9 Å². The Bertz CT molecular complexity index is 847. The second kappa shape index (κ2) is 8.44. The average Bonchev–Trinajstić information content (AvgIpc) is 2.69. The number of carbonyl (C=O) groups excluding carboxylic acids is 1. The Hall–Kier alpha value is -2.22. The molecule has 0 spiro atoms. The molecule has 1 aliphatic rings. The number of benzene rings is 2. The zero-order chi connectivity index (χ0) is 18.4. The first kappa shape index (κ1) is 18.6. The van der Waals surface area contributed by atoms with Crippen molar-refractivity contribution in [3.63, 3.8) is 0 Å². The predicted octanol–water partition coefficient (Wildman–Crippen LogP) is 2.72. The van der Waals surface area contributed by atoms with Crippen LogP contribution in [0.3, 0.4) is 0 Å². The van der Waals surface area contributed by atoms with Crippen molar-refractivity contribution in [1.82, 2.24) is 9.79 Å². The second-order valence-corrected chi connectivity index (χ2v) is 8.07. The van der Waals surface area contributed by atoms with Crippen molar-refractivity contribution in [2.24, 2.45) is 0 Å². The lowest BCUT2D eigenvalue weighted by Crippen LogP contribution is -2.37. The normalized spacial score (nSPS) is 15.5. The van der Waals surface area contributed by atoms with Crippen molar-refractivity contribution in [2.75, 3.05) is 13.1 Å². The molecule has 1 fully saturated rings. The van der Waals surface area contributed by atoms with Crippen LogP contribution in [0, 0.1) is 0 Å². The smallest absolute Gasteiger partial charge is 0.269 e. The first-order valence-corrected chi connectivity index (χ1v) is 10.1. The highest BCUT2D eigenvalue weighted by Gasteiger charge is 2.29. The quantitative estimate of drug-likeness (QED) is 0.789. The molecule has 0 unspecified atom stereocenters. The minimum atomic E-state index is -3.70. The average molecular weight is 374 g/mol. The molecule has 26 heavy (non-hydrogen) atoms. The van der Waals surface area contributed by atoms with Gasteiger partial charge in [-0.3, -0.25) is 9.63 Å². The number of rotatable bonds is 6. The highest BCUT2D eigenvalue weighted by atomic mass is 32.2. The molecule has 2 aromatic carbocycles. The lowest BCUT2D eigenvalue weighted by molar-refractivity contribution is 0.0231. The molecule has 1 amide bonds. The van der Waals surface area contributed by atoms with E-state index in [1.54, 1.807) is 12.1 Å². The molecule has 1 heterocycles. The summed E-state index contributed by atoms with van der Waals surface area (Å²) in [5, 5.41) is 0. The van der Waals surface area contributed by atoms with Crippen LogP contribution in [0.2, 0.25) is 0 Å². The Labute approximate surface area is 153 Å². The molecule has 1 saturated heterocycles. The first-order valence-electron chi connectivity index (χ1n) is 8.64. The lowest BCUT2D eigenvalue weighted by Gasteiger charge is -2.26. The third-order valence-corrected chi connectivity index (χ3v) is 6.27. The van der Waals surface area contributed by atoms with Gasteiger partial charge in [0.1, 0.15) is 0 Å². The van der Waals surface area contributed by atoms with E-state index in [0.717, 1.165) is 24.8 Å². The van der Waals surface area contributed by atoms with E-state index in [1.807, 2.05) is 30.3 Å². The number of hydrogen-bond donors (Lipinski definition) is 1. The maximum Gasteiger partial charge on any atom is 0.276 e. The van der Waals surface area contributed by atoms with Gasteiger partial charge < -0.3 is 0 Å². The molecule has 1 aliphatic heterocycles. The fourth-order valence-electron chi connectivity index (χ4n) is 2.94. The number of piperidine rings is 1. The number of hydrogen-bond acceptors (Lipinski definition) is 4. The van der Waals surface area contributed by atoms with Crippen molar-refractivity contribution >= 4 is 15.9 Å². The summed E-state index contributed by atoms with van der Waals surface area (Å²) < 4.78 is 27.3. The minimum Gasteiger partial charge on any atom is -0.269 e. The van der Waals surface area contributed by atoms with Crippen molar-refractivity contribution in [3.8, 4) is 0 Å². The van der Waals surface area contributed by atoms with E-state index >= 15 is 0 Å². The molecule has 0 atom stereocenters. The summed E-state index contributed by atoms with van der Waals surface area (Å²) in [7, 11) is -3.70. The lowest BCUT2D eigenvalue weighted by atomic mass is 10.2. The summed E-state index contributed by atoms with van der Waals surface area (Å²) in [6, 6.07) is 15.6. The predicted molar refractivity (Wildman–Crippen MR) is 97.7 cm³/mol. The largest absolute Gasteiger partial charge is 0.276 e. The van der Waals surface area contributed by atoms with E-state index in [2.05, 4.69) is 5.48 Å². The molecule has 0 saturated carbocycles. The monoisotopic (exact) mass is 374 g/mol. The number of amides is 1. The standard InChI is InChI=1S/C19H22N2O4S/c22-19(20-25-15-16-9-3-1-4-10-16)17-11-5-6-12-18(17)26(23,24)21-13-7-2-8-14-21/h1,3-6,9-12H,2,7-8,13-15H2,(H,20,22). The molecule has 0 bridgehead atoms. The SMILES string of the molecule is O=C(NOCc1ccccc1)c1ccccc1S(=O)(=O)N1CCCCC1. The Morgan fingerprint density at radius 3 is 2.35 bits per heavy atom. The molecule has 0 aliphatic carbocycles. The second-order valence-electron chi connectivity index (χ2n) is 6.17. The van der Waals surface area contributed by atoms with E-state index in [9.17, 15) is 13.2 Å². The Kier molecular flexibility index (Phi) is 6.03. The number of carbonyl (C=O) groups is 1. The highest BCUT2D eigenvalue weighted by Crippen LogP contribution is 2.23. The van der Waals surface area contributed by atoms with Crippen molar-refractivity contribution in [1.29, 1.82) is 0 Å². The third-order valence-electron chi connectivity index (χ3n) is 4.31. The van der Waals surface area contributed by atoms with Gasteiger partial charge in [0.2, 0.25) is 10.0 Å². The number of sulfonamides is 1. The molecule has 1 N–H and O–H groups in total.